The van der Waals surface area contributed by atoms with Crippen molar-refractivity contribution in [3.8, 4) is 11.4 Å². The van der Waals surface area contributed by atoms with Crippen LogP contribution in [-0.2, 0) is 16.6 Å². The number of aryl methyl sites for hydroxylation is 1. The quantitative estimate of drug-likeness (QED) is 0.587. The number of piperazine rings is 1. The van der Waals surface area contributed by atoms with E-state index < -0.39 is 10.0 Å². The molecule has 1 fully saturated rings. The van der Waals surface area contributed by atoms with Crippen LogP contribution in [0.1, 0.15) is 11.4 Å². The number of methoxy groups -OCH3 is 1. The molecular formula is C20H24N6O3S. The number of sulfonamides is 1. The largest absolute Gasteiger partial charge is 0.497 e. The molecule has 158 valence electrons. The first-order valence-corrected chi connectivity index (χ1v) is 11.1. The molecule has 0 amide bonds. The van der Waals surface area contributed by atoms with Crippen molar-refractivity contribution in [3.05, 3.63) is 59.9 Å². The van der Waals surface area contributed by atoms with E-state index in [2.05, 4.69) is 20.4 Å². The zero-order chi connectivity index (χ0) is 21.1. The number of hydrogen-bond acceptors (Lipinski definition) is 7. The summed E-state index contributed by atoms with van der Waals surface area (Å²) in [5, 5.41) is 12.0. The second-order valence-corrected chi connectivity index (χ2v) is 9.14. The molecule has 0 saturated carbocycles. The summed E-state index contributed by atoms with van der Waals surface area (Å²) in [4.78, 5) is 2.50. The van der Waals surface area contributed by atoms with Crippen molar-refractivity contribution in [1.82, 2.24) is 29.4 Å². The summed E-state index contributed by atoms with van der Waals surface area (Å²) < 4.78 is 34.2. The zero-order valence-corrected chi connectivity index (χ0v) is 17.8. The van der Waals surface area contributed by atoms with Gasteiger partial charge in [0.25, 0.3) is 0 Å². The lowest BCUT2D eigenvalue weighted by molar-refractivity contribution is 0.177. The molecule has 0 radical (unpaired) electrons. The molecule has 2 heterocycles. The Morgan fingerprint density at radius 3 is 2.27 bits per heavy atom. The Labute approximate surface area is 175 Å². The molecule has 1 saturated heterocycles. The first-order valence-electron chi connectivity index (χ1n) is 9.68. The van der Waals surface area contributed by atoms with E-state index in [1.54, 1.807) is 28.2 Å². The van der Waals surface area contributed by atoms with E-state index in [4.69, 9.17) is 4.74 Å². The fraction of sp³-hybridized carbons (Fsp3) is 0.350. The van der Waals surface area contributed by atoms with Crippen LogP contribution in [0.4, 0.5) is 0 Å². The Bertz CT molecular complexity index is 1090. The monoisotopic (exact) mass is 428 g/mol. The highest BCUT2D eigenvalue weighted by atomic mass is 32.2. The second kappa shape index (κ2) is 8.50. The van der Waals surface area contributed by atoms with Crippen LogP contribution in [0.3, 0.4) is 0 Å². The van der Waals surface area contributed by atoms with Crippen LogP contribution >= 0.6 is 0 Å². The summed E-state index contributed by atoms with van der Waals surface area (Å²) >= 11 is 0. The maximum Gasteiger partial charge on any atom is 0.243 e. The SMILES string of the molecule is COc1ccc(-n2nnnc2CN2CCN(S(=O)(=O)c3ccc(C)cc3)CC2)cc1. The lowest BCUT2D eigenvalue weighted by Crippen LogP contribution is -2.48. The van der Waals surface area contributed by atoms with Gasteiger partial charge >= 0.3 is 0 Å². The Balaban J connectivity index is 1.41. The van der Waals surface area contributed by atoms with Crippen molar-refractivity contribution in [1.29, 1.82) is 0 Å². The Morgan fingerprint density at radius 1 is 0.967 bits per heavy atom. The molecule has 30 heavy (non-hydrogen) atoms. The number of hydrogen-bond donors (Lipinski definition) is 0. The van der Waals surface area contributed by atoms with E-state index in [0.717, 1.165) is 17.0 Å². The van der Waals surface area contributed by atoms with E-state index in [1.165, 1.54) is 0 Å². The van der Waals surface area contributed by atoms with E-state index in [-0.39, 0.29) is 0 Å². The smallest absolute Gasteiger partial charge is 0.243 e. The van der Waals surface area contributed by atoms with Gasteiger partial charge in [0.1, 0.15) is 5.75 Å². The van der Waals surface area contributed by atoms with E-state index >= 15 is 0 Å². The maximum atomic E-state index is 12.9. The summed E-state index contributed by atoms with van der Waals surface area (Å²) in [6, 6.07) is 14.5. The Morgan fingerprint density at radius 2 is 1.63 bits per heavy atom. The molecule has 0 aliphatic carbocycles. The average Bonchev–Trinajstić information content (AvgIpc) is 3.22. The van der Waals surface area contributed by atoms with Gasteiger partial charge < -0.3 is 4.74 Å². The normalized spacial score (nSPS) is 15.9. The van der Waals surface area contributed by atoms with E-state index in [9.17, 15) is 8.42 Å². The van der Waals surface area contributed by atoms with Gasteiger partial charge in [-0.05, 0) is 53.7 Å². The van der Waals surface area contributed by atoms with Crippen LogP contribution in [0, 0.1) is 6.92 Å². The molecule has 1 aliphatic rings. The van der Waals surface area contributed by atoms with Crippen molar-refractivity contribution in [2.45, 2.75) is 18.4 Å². The maximum absolute atomic E-state index is 12.9. The molecule has 3 aromatic rings. The first-order chi connectivity index (χ1) is 14.5. The van der Waals surface area contributed by atoms with Gasteiger partial charge in [-0.25, -0.2) is 8.42 Å². The number of ether oxygens (including phenoxy) is 1. The summed E-state index contributed by atoms with van der Waals surface area (Å²) in [7, 11) is -1.85. The topological polar surface area (TPSA) is 93.4 Å². The number of rotatable bonds is 6. The van der Waals surface area contributed by atoms with Gasteiger partial charge in [0.2, 0.25) is 10.0 Å². The van der Waals surface area contributed by atoms with Crippen LogP contribution < -0.4 is 4.74 Å². The molecule has 9 nitrogen and oxygen atoms in total. The van der Waals surface area contributed by atoms with Gasteiger partial charge in [-0.15, -0.1) is 5.10 Å². The van der Waals surface area contributed by atoms with Gasteiger partial charge in [0.05, 0.1) is 24.2 Å². The summed E-state index contributed by atoms with van der Waals surface area (Å²) in [5.41, 5.74) is 1.88. The second-order valence-electron chi connectivity index (χ2n) is 7.20. The van der Waals surface area contributed by atoms with Gasteiger partial charge in [-0.3, -0.25) is 4.90 Å². The predicted octanol–water partition coefficient (Wildman–Crippen LogP) is 1.49. The number of nitrogens with zero attached hydrogens (tertiary/aromatic N) is 6. The van der Waals surface area contributed by atoms with Crippen LogP contribution in [0.5, 0.6) is 5.75 Å². The average molecular weight is 429 g/mol. The molecule has 0 N–H and O–H groups in total. The molecule has 1 aromatic heterocycles. The molecule has 1 aliphatic heterocycles. The molecule has 0 spiro atoms. The molecule has 10 heteroatoms. The number of benzene rings is 2. The van der Waals surface area contributed by atoms with Crippen LogP contribution in [0.25, 0.3) is 5.69 Å². The van der Waals surface area contributed by atoms with E-state index in [0.29, 0.717) is 43.4 Å². The van der Waals surface area contributed by atoms with Crippen molar-refractivity contribution >= 4 is 10.0 Å². The fourth-order valence-corrected chi connectivity index (χ4v) is 4.84. The molecule has 0 atom stereocenters. The van der Waals surface area contributed by atoms with Crippen LogP contribution in [-0.4, -0.2) is 71.1 Å². The third-order valence-corrected chi connectivity index (χ3v) is 7.12. The number of tetrazole rings is 1. The van der Waals surface area contributed by atoms with Gasteiger partial charge in [0, 0.05) is 26.2 Å². The first kappa shape index (κ1) is 20.5. The predicted molar refractivity (Wildman–Crippen MR) is 111 cm³/mol. The minimum Gasteiger partial charge on any atom is -0.497 e. The lowest BCUT2D eigenvalue weighted by atomic mass is 10.2. The molecule has 0 unspecified atom stereocenters. The van der Waals surface area contributed by atoms with Gasteiger partial charge in [-0.2, -0.15) is 8.99 Å². The van der Waals surface area contributed by atoms with E-state index in [1.807, 2.05) is 43.3 Å². The highest BCUT2D eigenvalue weighted by Gasteiger charge is 2.29. The fourth-order valence-electron chi connectivity index (χ4n) is 3.42. The summed E-state index contributed by atoms with van der Waals surface area (Å²) in [5.74, 6) is 1.47. The van der Waals surface area contributed by atoms with Crippen molar-refractivity contribution < 1.29 is 13.2 Å². The molecular weight excluding hydrogens is 404 g/mol. The van der Waals surface area contributed by atoms with Crippen molar-refractivity contribution in [2.75, 3.05) is 33.3 Å². The molecule has 4 rings (SSSR count). The highest BCUT2D eigenvalue weighted by molar-refractivity contribution is 7.89. The van der Waals surface area contributed by atoms with Crippen LogP contribution in [0.15, 0.2) is 53.4 Å². The van der Waals surface area contributed by atoms with Crippen molar-refractivity contribution in [3.63, 3.8) is 0 Å². The lowest BCUT2D eigenvalue weighted by Gasteiger charge is -2.33. The molecule has 2 aromatic carbocycles. The summed E-state index contributed by atoms with van der Waals surface area (Å²) in [6.45, 7) is 4.56. The minimum atomic E-state index is -3.47. The molecule has 0 bridgehead atoms. The van der Waals surface area contributed by atoms with Gasteiger partial charge in [-0.1, -0.05) is 17.7 Å². The minimum absolute atomic E-state index is 0.338. The van der Waals surface area contributed by atoms with Gasteiger partial charge in [0.15, 0.2) is 5.82 Å². The third-order valence-electron chi connectivity index (χ3n) is 5.21. The standard InChI is InChI=1S/C20H24N6O3S/c1-16-3-9-19(10-4-16)30(27,28)25-13-11-24(12-14-25)15-20-21-22-23-26(20)17-5-7-18(29-2)8-6-17/h3-10H,11-15H2,1-2H3. The van der Waals surface area contributed by atoms with Crippen molar-refractivity contribution in [2.24, 2.45) is 0 Å². The zero-order valence-electron chi connectivity index (χ0n) is 17.0. The number of aromatic nitrogens is 4. The highest BCUT2D eigenvalue weighted by Crippen LogP contribution is 2.20. The van der Waals surface area contributed by atoms with Crippen LogP contribution in [0.2, 0.25) is 0 Å². The Kier molecular flexibility index (Phi) is 5.80. The Hall–Kier alpha value is -2.82. The summed E-state index contributed by atoms with van der Waals surface area (Å²) in [6.07, 6.45) is 0. The third kappa shape index (κ3) is 4.20.